The number of rotatable bonds is 3. The second-order valence-corrected chi connectivity index (χ2v) is 7.65. The van der Waals surface area contributed by atoms with Crippen molar-refractivity contribution in [3.05, 3.63) is 53.6 Å². The zero-order valence-corrected chi connectivity index (χ0v) is 16.4. The van der Waals surface area contributed by atoms with E-state index in [-0.39, 0.29) is 11.7 Å². The number of anilines is 1. The van der Waals surface area contributed by atoms with Crippen molar-refractivity contribution in [3.63, 3.8) is 0 Å². The van der Waals surface area contributed by atoms with Gasteiger partial charge in [0.25, 0.3) is 5.91 Å². The van der Waals surface area contributed by atoms with E-state index < -0.39 is 5.79 Å². The summed E-state index contributed by atoms with van der Waals surface area (Å²) in [5.74, 6) is 0.644. The van der Waals surface area contributed by atoms with Gasteiger partial charge in [0.1, 0.15) is 0 Å². The van der Waals surface area contributed by atoms with Crippen molar-refractivity contribution in [1.82, 2.24) is 4.90 Å². The van der Waals surface area contributed by atoms with Crippen LogP contribution in [0.15, 0.2) is 42.5 Å². The lowest BCUT2D eigenvalue weighted by Gasteiger charge is -2.36. The number of benzene rings is 2. The molecule has 0 N–H and O–H groups in total. The molecule has 28 heavy (non-hydrogen) atoms. The molecule has 1 fully saturated rings. The van der Waals surface area contributed by atoms with E-state index in [2.05, 4.69) is 4.90 Å². The molecule has 4 rings (SSSR count). The number of carbonyl (C=O) groups is 2. The number of ether oxygens (including phenoxy) is 2. The molecule has 6 nitrogen and oxygen atoms in total. The monoisotopic (exact) mass is 380 g/mol. The fourth-order valence-corrected chi connectivity index (χ4v) is 3.61. The molecule has 0 saturated carbocycles. The molecule has 0 aliphatic carbocycles. The number of piperazine rings is 1. The van der Waals surface area contributed by atoms with Gasteiger partial charge in [-0.2, -0.15) is 0 Å². The molecule has 6 heteroatoms. The third kappa shape index (κ3) is 3.54. The number of nitrogens with zero attached hydrogens (tertiary/aromatic N) is 2. The van der Waals surface area contributed by atoms with Crippen LogP contribution < -0.4 is 14.4 Å². The minimum atomic E-state index is -0.701. The topological polar surface area (TPSA) is 59.1 Å². The molecule has 2 aromatic carbocycles. The Labute approximate surface area is 164 Å². The van der Waals surface area contributed by atoms with Crippen molar-refractivity contribution in [2.45, 2.75) is 26.6 Å². The van der Waals surface area contributed by atoms with Gasteiger partial charge in [-0.15, -0.1) is 0 Å². The van der Waals surface area contributed by atoms with Gasteiger partial charge in [0.05, 0.1) is 0 Å². The lowest BCUT2D eigenvalue weighted by Crippen LogP contribution is -2.48. The molecule has 0 atom stereocenters. The SMILES string of the molecule is CC(=O)c1ccc(N2CCN(C(=O)c3ccc4c(c3)OC(C)(C)O4)CC2)cc1. The molecule has 2 aromatic rings. The second kappa shape index (κ2) is 6.86. The smallest absolute Gasteiger partial charge is 0.254 e. The standard InChI is InChI=1S/C22H24N2O4/c1-15(25)16-4-7-18(8-5-16)23-10-12-24(13-11-23)21(26)17-6-9-19-20(14-17)28-22(2,3)27-19/h4-9,14H,10-13H2,1-3H3. The van der Waals surface area contributed by atoms with Crippen molar-refractivity contribution >= 4 is 17.4 Å². The highest BCUT2D eigenvalue weighted by Gasteiger charge is 2.32. The predicted molar refractivity (Wildman–Crippen MR) is 106 cm³/mol. The lowest BCUT2D eigenvalue weighted by atomic mass is 10.1. The summed E-state index contributed by atoms with van der Waals surface area (Å²) in [7, 11) is 0. The maximum Gasteiger partial charge on any atom is 0.254 e. The van der Waals surface area contributed by atoms with Crippen molar-refractivity contribution in [3.8, 4) is 11.5 Å². The lowest BCUT2D eigenvalue weighted by molar-refractivity contribution is -0.0431. The van der Waals surface area contributed by atoms with E-state index >= 15 is 0 Å². The molecule has 0 unspecified atom stereocenters. The van der Waals surface area contributed by atoms with E-state index in [4.69, 9.17) is 9.47 Å². The number of carbonyl (C=O) groups excluding carboxylic acids is 2. The highest BCUT2D eigenvalue weighted by atomic mass is 16.7. The Hall–Kier alpha value is -3.02. The fourth-order valence-electron chi connectivity index (χ4n) is 3.61. The number of hydrogen-bond acceptors (Lipinski definition) is 5. The van der Waals surface area contributed by atoms with Crippen LogP contribution in [0.1, 0.15) is 41.5 Å². The summed E-state index contributed by atoms with van der Waals surface area (Å²) in [5.41, 5.74) is 2.39. The molecule has 1 saturated heterocycles. The Bertz CT molecular complexity index is 913. The van der Waals surface area contributed by atoms with Crippen LogP contribution in [0, 0.1) is 0 Å². The van der Waals surface area contributed by atoms with Crippen LogP contribution in [0.5, 0.6) is 11.5 Å². The van der Waals surface area contributed by atoms with E-state index in [0.717, 1.165) is 18.8 Å². The van der Waals surface area contributed by atoms with Gasteiger partial charge < -0.3 is 19.3 Å². The number of ketones is 1. The van der Waals surface area contributed by atoms with Crippen LogP contribution in [0.25, 0.3) is 0 Å². The van der Waals surface area contributed by atoms with Gasteiger partial charge in [0, 0.05) is 56.8 Å². The quantitative estimate of drug-likeness (QED) is 0.764. The number of Topliss-reactive ketones (excluding diaryl/α,β-unsaturated/α-hetero) is 1. The van der Waals surface area contributed by atoms with Crippen molar-refractivity contribution < 1.29 is 19.1 Å². The summed E-state index contributed by atoms with van der Waals surface area (Å²) < 4.78 is 11.4. The molecular weight excluding hydrogens is 356 g/mol. The largest absolute Gasteiger partial charge is 0.449 e. The highest BCUT2D eigenvalue weighted by molar-refractivity contribution is 5.95. The Morgan fingerprint density at radius 3 is 2.11 bits per heavy atom. The summed E-state index contributed by atoms with van der Waals surface area (Å²) in [6, 6.07) is 13.0. The fraction of sp³-hybridized carbons (Fsp3) is 0.364. The first kappa shape index (κ1) is 18.3. The first-order chi connectivity index (χ1) is 13.3. The van der Waals surface area contributed by atoms with E-state index in [1.54, 1.807) is 25.1 Å². The van der Waals surface area contributed by atoms with Gasteiger partial charge in [0.2, 0.25) is 5.79 Å². The Morgan fingerprint density at radius 1 is 0.857 bits per heavy atom. The zero-order valence-electron chi connectivity index (χ0n) is 16.4. The van der Waals surface area contributed by atoms with Crippen molar-refractivity contribution in [2.75, 3.05) is 31.1 Å². The second-order valence-electron chi connectivity index (χ2n) is 7.65. The summed E-state index contributed by atoms with van der Waals surface area (Å²) >= 11 is 0. The summed E-state index contributed by atoms with van der Waals surface area (Å²) in [5, 5.41) is 0. The first-order valence-corrected chi connectivity index (χ1v) is 9.50. The first-order valence-electron chi connectivity index (χ1n) is 9.50. The summed E-state index contributed by atoms with van der Waals surface area (Å²) in [4.78, 5) is 28.4. The average molecular weight is 380 g/mol. The van der Waals surface area contributed by atoms with Gasteiger partial charge >= 0.3 is 0 Å². The summed E-state index contributed by atoms with van der Waals surface area (Å²) in [6.45, 7) is 8.05. The number of hydrogen-bond donors (Lipinski definition) is 0. The Kier molecular flexibility index (Phi) is 4.49. The van der Waals surface area contributed by atoms with Gasteiger partial charge in [-0.25, -0.2) is 0 Å². The minimum absolute atomic E-state index is 0.00248. The molecule has 0 aromatic heterocycles. The van der Waals surface area contributed by atoms with Crippen molar-refractivity contribution in [2.24, 2.45) is 0 Å². The van der Waals surface area contributed by atoms with Crippen LogP contribution in [0.4, 0.5) is 5.69 Å². The molecule has 0 bridgehead atoms. The van der Waals surface area contributed by atoms with Gasteiger partial charge in [-0.05, 0) is 49.4 Å². The molecule has 2 aliphatic rings. The molecule has 0 spiro atoms. The predicted octanol–water partition coefficient (Wildman–Crippen LogP) is 3.36. The maximum atomic E-state index is 12.9. The average Bonchev–Trinajstić information content (AvgIpc) is 3.00. The van der Waals surface area contributed by atoms with Crippen molar-refractivity contribution in [1.29, 1.82) is 0 Å². The highest BCUT2D eigenvalue weighted by Crippen LogP contribution is 2.39. The Balaban J connectivity index is 1.40. The van der Waals surface area contributed by atoms with Crippen LogP contribution in [-0.2, 0) is 0 Å². The molecule has 2 heterocycles. The van der Waals surface area contributed by atoms with Gasteiger partial charge in [-0.3, -0.25) is 9.59 Å². The van der Waals surface area contributed by atoms with Gasteiger partial charge in [0.15, 0.2) is 17.3 Å². The molecule has 0 radical (unpaired) electrons. The normalized spacial score (nSPS) is 17.5. The molecule has 146 valence electrons. The van der Waals surface area contributed by atoms with E-state index in [1.807, 2.05) is 43.0 Å². The minimum Gasteiger partial charge on any atom is -0.449 e. The number of fused-ring (bicyclic) bond motifs is 1. The van der Waals surface area contributed by atoms with E-state index in [1.165, 1.54) is 0 Å². The third-order valence-electron chi connectivity index (χ3n) is 5.11. The van der Waals surface area contributed by atoms with Crippen LogP contribution >= 0.6 is 0 Å². The molecule has 1 amide bonds. The molecular formula is C22H24N2O4. The molecule has 2 aliphatic heterocycles. The summed E-state index contributed by atoms with van der Waals surface area (Å²) in [6.07, 6.45) is 0. The third-order valence-corrected chi connectivity index (χ3v) is 5.11. The van der Waals surface area contributed by atoms with Crippen LogP contribution in [0.2, 0.25) is 0 Å². The zero-order chi connectivity index (χ0) is 19.9. The van der Waals surface area contributed by atoms with E-state index in [0.29, 0.717) is 35.7 Å². The Morgan fingerprint density at radius 2 is 1.46 bits per heavy atom. The van der Waals surface area contributed by atoms with Gasteiger partial charge in [-0.1, -0.05) is 0 Å². The van der Waals surface area contributed by atoms with E-state index in [9.17, 15) is 9.59 Å². The van der Waals surface area contributed by atoms with Crippen LogP contribution in [0.3, 0.4) is 0 Å². The van der Waals surface area contributed by atoms with Crippen LogP contribution in [-0.4, -0.2) is 48.6 Å². The maximum absolute atomic E-state index is 12.9. The number of amides is 1.